The molecule has 1 aromatic rings. The first-order valence-electron chi connectivity index (χ1n) is 6.12. The molecule has 108 valence electrons. The number of hydrogen-bond donors (Lipinski definition) is 1. The van der Waals surface area contributed by atoms with Crippen molar-refractivity contribution in [2.24, 2.45) is 0 Å². The second kappa shape index (κ2) is 5.27. The van der Waals surface area contributed by atoms with Crippen molar-refractivity contribution in [3.05, 3.63) is 17.7 Å². The van der Waals surface area contributed by atoms with E-state index in [1.807, 2.05) is 20.8 Å². The number of pyridine rings is 1. The third-order valence-corrected chi connectivity index (χ3v) is 3.51. The zero-order valence-electron chi connectivity index (χ0n) is 11.9. The Bertz CT molecular complexity index is 441. The van der Waals surface area contributed by atoms with Crippen LogP contribution in [0.5, 0.6) is 0 Å². The predicted octanol–water partition coefficient (Wildman–Crippen LogP) is 3.77. The molecule has 1 rings (SSSR count). The molecular weight excluding hydrogens is 255 g/mol. The number of aromatic nitrogens is 1. The van der Waals surface area contributed by atoms with Crippen molar-refractivity contribution in [2.75, 3.05) is 24.3 Å². The van der Waals surface area contributed by atoms with Gasteiger partial charge in [-0.25, -0.2) is 4.98 Å². The Labute approximate surface area is 111 Å². The van der Waals surface area contributed by atoms with Gasteiger partial charge < -0.3 is 10.2 Å². The van der Waals surface area contributed by atoms with E-state index in [0.29, 0.717) is 5.82 Å². The van der Waals surface area contributed by atoms with Crippen molar-refractivity contribution in [1.82, 2.24) is 4.98 Å². The van der Waals surface area contributed by atoms with E-state index in [1.54, 1.807) is 19.0 Å². The van der Waals surface area contributed by atoms with E-state index in [2.05, 4.69) is 10.3 Å². The van der Waals surface area contributed by atoms with E-state index in [9.17, 15) is 13.2 Å². The van der Waals surface area contributed by atoms with Crippen LogP contribution in [0.1, 0.15) is 32.8 Å². The minimum Gasteiger partial charge on any atom is -0.373 e. The maximum atomic E-state index is 12.9. The minimum atomic E-state index is -4.37. The predicted molar refractivity (Wildman–Crippen MR) is 71.6 cm³/mol. The summed E-state index contributed by atoms with van der Waals surface area (Å²) < 4.78 is 38.6. The number of anilines is 2. The Hall–Kier alpha value is -1.46. The molecule has 19 heavy (non-hydrogen) atoms. The van der Waals surface area contributed by atoms with Gasteiger partial charge in [0.05, 0.1) is 5.56 Å². The summed E-state index contributed by atoms with van der Waals surface area (Å²) in [7, 11) is 3.31. The number of nitrogens with one attached hydrogen (secondary N) is 1. The summed E-state index contributed by atoms with van der Waals surface area (Å²) in [6, 6.07) is 2.09. The van der Waals surface area contributed by atoms with Crippen molar-refractivity contribution in [1.29, 1.82) is 0 Å². The van der Waals surface area contributed by atoms with Gasteiger partial charge in [-0.1, -0.05) is 6.92 Å². The Morgan fingerprint density at radius 2 is 1.84 bits per heavy atom. The lowest BCUT2D eigenvalue weighted by Crippen LogP contribution is -2.41. The largest absolute Gasteiger partial charge is 0.416 e. The Morgan fingerprint density at radius 1 is 1.26 bits per heavy atom. The summed E-state index contributed by atoms with van der Waals surface area (Å²) in [5, 5.41) is 2.67. The zero-order chi connectivity index (χ0) is 14.8. The van der Waals surface area contributed by atoms with Gasteiger partial charge >= 0.3 is 6.18 Å². The molecule has 0 fully saturated rings. The zero-order valence-corrected chi connectivity index (χ0v) is 11.9. The fourth-order valence-corrected chi connectivity index (χ4v) is 1.53. The molecule has 1 aromatic heterocycles. The Morgan fingerprint density at radius 3 is 2.26 bits per heavy atom. The van der Waals surface area contributed by atoms with Crippen LogP contribution in [0, 0.1) is 0 Å². The van der Waals surface area contributed by atoms with Gasteiger partial charge in [0.2, 0.25) is 0 Å². The van der Waals surface area contributed by atoms with E-state index in [0.717, 1.165) is 18.6 Å². The normalized spacial score (nSPS) is 12.4. The van der Waals surface area contributed by atoms with Crippen molar-refractivity contribution in [3.8, 4) is 0 Å². The highest BCUT2D eigenvalue weighted by Gasteiger charge is 2.33. The molecule has 3 nitrogen and oxygen atoms in total. The molecule has 0 aliphatic heterocycles. The number of hydrogen-bond acceptors (Lipinski definition) is 3. The van der Waals surface area contributed by atoms with Crippen LogP contribution in [0.25, 0.3) is 0 Å². The number of halogens is 3. The molecule has 0 saturated heterocycles. The smallest absolute Gasteiger partial charge is 0.373 e. The van der Waals surface area contributed by atoms with Crippen LogP contribution in [-0.4, -0.2) is 24.6 Å². The molecular formula is C13H20F3N3. The third kappa shape index (κ3) is 3.52. The van der Waals surface area contributed by atoms with Gasteiger partial charge in [-0.15, -0.1) is 0 Å². The lowest BCUT2D eigenvalue weighted by atomic mass is 10.00. The molecule has 0 aliphatic carbocycles. The second-order valence-corrected chi connectivity index (χ2v) is 5.07. The van der Waals surface area contributed by atoms with Crippen LogP contribution in [0.15, 0.2) is 12.1 Å². The van der Waals surface area contributed by atoms with Crippen molar-refractivity contribution < 1.29 is 13.2 Å². The summed E-state index contributed by atoms with van der Waals surface area (Å²) in [5.74, 6) is 0.523. The molecule has 1 N–H and O–H groups in total. The standard InChI is InChI=1S/C13H20F3N3/c1-6-12(2,3)19(5)11-8-9(13(14,15)16)7-10(17-4)18-11/h7-8H,6H2,1-5H3,(H,17,18). The van der Waals surface area contributed by atoms with Gasteiger partial charge in [0, 0.05) is 19.6 Å². The van der Waals surface area contributed by atoms with E-state index in [1.165, 1.54) is 0 Å². The van der Waals surface area contributed by atoms with Gasteiger partial charge in [-0.2, -0.15) is 13.2 Å². The summed E-state index contributed by atoms with van der Waals surface area (Å²) in [6.45, 7) is 5.92. The maximum Gasteiger partial charge on any atom is 0.416 e. The van der Waals surface area contributed by atoms with Crippen LogP contribution >= 0.6 is 0 Å². The van der Waals surface area contributed by atoms with Gasteiger partial charge in [0.1, 0.15) is 11.6 Å². The molecule has 6 heteroatoms. The highest BCUT2D eigenvalue weighted by molar-refractivity contribution is 5.52. The lowest BCUT2D eigenvalue weighted by Gasteiger charge is -2.36. The molecule has 0 spiro atoms. The van der Waals surface area contributed by atoms with Gasteiger partial charge in [0.15, 0.2) is 0 Å². The topological polar surface area (TPSA) is 28.2 Å². The van der Waals surface area contributed by atoms with Crippen LogP contribution in [-0.2, 0) is 6.18 Å². The fraction of sp³-hybridized carbons (Fsp3) is 0.615. The summed E-state index contributed by atoms with van der Waals surface area (Å²) in [4.78, 5) is 5.96. The quantitative estimate of drug-likeness (QED) is 0.906. The second-order valence-electron chi connectivity index (χ2n) is 5.07. The average Bonchev–Trinajstić information content (AvgIpc) is 2.36. The molecule has 0 amide bonds. The highest BCUT2D eigenvalue weighted by atomic mass is 19.4. The number of nitrogens with zero attached hydrogens (tertiary/aromatic N) is 2. The first kappa shape index (κ1) is 15.6. The first-order chi connectivity index (χ1) is 8.61. The lowest BCUT2D eigenvalue weighted by molar-refractivity contribution is -0.137. The van der Waals surface area contributed by atoms with E-state index < -0.39 is 11.7 Å². The fourth-order valence-electron chi connectivity index (χ4n) is 1.53. The molecule has 0 saturated carbocycles. The van der Waals surface area contributed by atoms with E-state index >= 15 is 0 Å². The number of rotatable bonds is 4. The van der Waals surface area contributed by atoms with Crippen molar-refractivity contribution in [3.63, 3.8) is 0 Å². The van der Waals surface area contributed by atoms with Crippen molar-refractivity contribution >= 4 is 11.6 Å². The minimum absolute atomic E-state index is 0.212. The summed E-state index contributed by atoms with van der Waals surface area (Å²) in [5.41, 5.74) is -0.956. The van der Waals surface area contributed by atoms with Gasteiger partial charge in [0.25, 0.3) is 0 Å². The van der Waals surface area contributed by atoms with E-state index in [4.69, 9.17) is 0 Å². The SMILES string of the molecule is CCC(C)(C)N(C)c1cc(C(F)(F)F)cc(NC)n1. The van der Waals surface area contributed by atoms with Gasteiger partial charge in [-0.3, -0.25) is 0 Å². The van der Waals surface area contributed by atoms with Gasteiger partial charge in [-0.05, 0) is 32.4 Å². The monoisotopic (exact) mass is 275 g/mol. The van der Waals surface area contributed by atoms with Crippen LogP contribution in [0.2, 0.25) is 0 Å². The average molecular weight is 275 g/mol. The first-order valence-corrected chi connectivity index (χ1v) is 6.12. The van der Waals surface area contributed by atoms with Crippen LogP contribution < -0.4 is 10.2 Å². The Kier molecular flexibility index (Phi) is 4.32. The van der Waals surface area contributed by atoms with E-state index in [-0.39, 0.29) is 11.4 Å². The summed E-state index contributed by atoms with van der Waals surface area (Å²) >= 11 is 0. The maximum absolute atomic E-state index is 12.9. The highest BCUT2D eigenvalue weighted by Crippen LogP contribution is 2.34. The summed E-state index contributed by atoms with van der Waals surface area (Å²) in [6.07, 6.45) is -3.57. The number of alkyl halides is 3. The van der Waals surface area contributed by atoms with Crippen LogP contribution in [0.4, 0.5) is 24.8 Å². The molecule has 0 aliphatic rings. The van der Waals surface area contributed by atoms with Crippen LogP contribution in [0.3, 0.4) is 0 Å². The molecule has 1 heterocycles. The third-order valence-electron chi connectivity index (χ3n) is 3.51. The molecule has 0 bridgehead atoms. The molecule has 0 radical (unpaired) electrons. The molecule has 0 unspecified atom stereocenters. The molecule has 0 atom stereocenters. The Balaban J connectivity index is 3.28. The molecule has 0 aromatic carbocycles. The van der Waals surface area contributed by atoms with Crippen molar-refractivity contribution in [2.45, 2.75) is 38.9 Å².